The average molecular weight is 880 g/mol. The van der Waals surface area contributed by atoms with Crippen LogP contribution in [0.3, 0.4) is 0 Å². The van der Waals surface area contributed by atoms with Gasteiger partial charge in [0.15, 0.2) is 0 Å². The molecule has 0 amide bonds. The van der Waals surface area contributed by atoms with E-state index in [2.05, 4.69) is 103 Å². The molecule has 8 aromatic rings. The van der Waals surface area contributed by atoms with Gasteiger partial charge in [0.05, 0.1) is 30.0 Å². The minimum absolute atomic E-state index is 0. The number of rotatable bonds is 16. The van der Waals surface area contributed by atoms with Gasteiger partial charge in [-0.25, -0.2) is 0 Å². The fraction of sp³-hybridized carbons (Fsp3) is 0.264. The fourth-order valence-electron chi connectivity index (χ4n) is 8.48. The van der Waals surface area contributed by atoms with Crippen LogP contribution in [0.15, 0.2) is 176 Å². The Hall–Kier alpha value is -5.98. The first-order valence-corrected chi connectivity index (χ1v) is 21.9. The number of likely N-dealkylation sites (N-methyl/N-ethyl adjacent to an activating group) is 2. The Balaban J connectivity index is 0.000000191. The molecule has 0 bridgehead atoms. The monoisotopic (exact) mass is 878 g/mol. The highest BCUT2D eigenvalue weighted by Gasteiger charge is 2.28. The van der Waals surface area contributed by atoms with Crippen molar-refractivity contribution in [2.75, 3.05) is 53.4 Å². The lowest BCUT2D eigenvalue weighted by molar-refractivity contribution is 0.0594. The van der Waals surface area contributed by atoms with Gasteiger partial charge >= 0.3 is 0 Å². The minimum atomic E-state index is -0.557. The summed E-state index contributed by atoms with van der Waals surface area (Å²) in [6.45, 7) is 6.20. The summed E-state index contributed by atoms with van der Waals surface area (Å²) in [4.78, 5) is 9.01. The van der Waals surface area contributed by atoms with Crippen LogP contribution in [-0.2, 0) is 13.2 Å². The number of nitrogens with one attached hydrogen (secondary N) is 1. The summed E-state index contributed by atoms with van der Waals surface area (Å²) in [6, 6.07) is 52.6. The molecule has 4 heterocycles. The van der Waals surface area contributed by atoms with Crippen LogP contribution in [0.25, 0.3) is 21.8 Å². The third kappa shape index (κ3) is 11.6. The van der Waals surface area contributed by atoms with Crippen molar-refractivity contribution in [3.8, 4) is 11.5 Å². The van der Waals surface area contributed by atoms with Crippen LogP contribution in [0.4, 0.5) is 0 Å². The number of hydrogen-bond donors (Lipinski definition) is 3. The third-order valence-corrected chi connectivity index (χ3v) is 11.8. The summed E-state index contributed by atoms with van der Waals surface area (Å²) >= 11 is 0. The molecule has 0 aliphatic carbocycles. The highest BCUT2D eigenvalue weighted by atomic mass is 35.5. The van der Waals surface area contributed by atoms with Crippen molar-refractivity contribution in [3.05, 3.63) is 199 Å². The molecule has 0 unspecified atom stereocenters. The second-order valence-corrected chi connectivity index (χ2v) is 16.3. The molecular formula is C53H59ClN6O4. The minimum Gasteiger partial charge on any atom is -0.489 e. The number of pyridine rings is 1. The number of aliphatic hydroxyl groups is 2. The predicted molar refractivity (Wildman–Crippen MR) is 260 cm³/mol. The molecule has 5 aromatic carbocycles. The van der Waals surface area contributed by atoms with E-state index in [9.17, 15) is 10.2 Å². The van der Waals surface area contributed by atoms with E-state index < -0.39 is 12.2 Å². The lowest BCUT2D eigenvalue weighted by atomic mass is 10.00. The first-order valence-electron chi connectivity index (χ1n) is 21.9. The van der Waals surface area contributed by atoms with Crippen molar-refractivity contribution < 1.29 is 19.7 Å². The first kappa shape index (κ1) is 46.0. The Morgan fingerprint density at radius 1 is 0.594 bits per heavy atom. The summed E-state index contributed by atoms with van der Waals surface area (Å²) in [6.07, 6.45) is 4.82. The van der Waals surface area contributed by atoms with Crippen molar-refractivity contribution in [1.29, 1.82) is 0 Å². The Morgan fingerprint density at radius 3 is 1.64 bits per heavy atom. The summed E-state index contributed by atoms with van der Waals surface area (Å²) < 4.78 is 16.3. The number of halogens is 1. The zero-order valence-corrected chi connectivity index (χ0v) is 37.4. The summed E-state index contributed by atoms with van der Waals surface area (Å²) in [7, 11) is 4.01. The molecule has 10 nitrogen and oxygen atoms in total. The SMILES string of the molecule is CN1CCN(C[C@@H](O)[C@H](c2ccccc2)n2ccc3cc(OCc4ccccc4)ccc32)CC1.CNC[C@@H](O)[C@H](c1ccccc1)n1ccc2cc(OCc3ccccn3)ccc21.Cl. The van der Waals surface area contributed by atoms with Crippen molar-refractivity contribution in [2.24, 2.45) is 0 Å². The number of hydrogen-bond acceptors (Lipinski definition) is 8. The molecule has 64 heavy (non-hydrogen) atoms. The topological polar surface area (TPSA) is 100 Å². The van der Waals surface area contributed by atoms with Crippen LogP contribution >= 0.6 is 12.4 Å². The molecule has 0 spiro atoms. The lowest BCUT2D eigenvalue weighted by Gasteiger charge is -2.36. The number of nitrogens with zero attached hydrogens (tertiary/aromatic N) is 5. The quantitative estimate of drug-likeness (QED) is 0.0888. The van der Waals surface area contributed by atoms with Crippen molar-refractivity contribution in [3.63, 3.8) is 0 Å². The Bertz CT molecular complexity index is 2600. The maximum absolute atomic E-state index is 11.5. The van der Waals surface area contributed by atoms with Crippen LogP contribution in [0, 0.1) is 0 Å². The van der Waals surface area contributed by atoms with E-state index in [1.165, 1.54) is 0 Å². The summed E-state index contributed by atoms with van der Waals surface area (Å²) in [5, 5.41) is 27.6. The van der Waals surface area contributed by atoms with Gasteiger partial charge in [-0.2, -0.15) is 0 Å². The molecule has 11 heteroatoms. The van der Waals surface area contributed by atoms with Crippen LogP contribution in [0.2, 0.25) is 0 Å². The smallest absolute Gasteiger partial charge is 0.130 e. The molecule has 0 radical (unpaired) electrons. The molecule has 1 saturated heterocycles. The number of ether oxygens (including phenoxy) is 2. The zero-order valence-electron chi connectivity index (χ0n) is 36.6. The average Bonchev–Trinajstić information content (AvgIpc) is 3.94. The normalized spacial score (nSPS) is 15.1. The number of aromatic nitrogens is 3. The van der Waals surface area contributed by atoms with Gasteiger partial charge in [-0.15, -0.1) is 12.4 Å². The second kappa shape index (κ2) is 22.6. The maximum atomic E-state index is 11.5. The first-order chi connectivity index (χ1) is 30.9. The Labute approximate surface area is 382 Å². The lowest BCUT2D eigenvalue weighted by Crippen LogP contribution is -2.48. The van der Waals surface area contributed by atoms with Crippen molar-refractivity contribution >= 4 is 34.2 Å². The van der Waals surface area contributed by atoms with Gasteiger partial charge in [0.2, 0.25) is 0 Å². The third-order valence-electron chi connectivity index (χ3n) is 11.8. The van der Waals surface area contributed by atoms with Crippen LogP contribution in [0.5, 0.6) is 11.5 Å². The number of fused-ring (bicyclic) bond motifs is 2. The largest absolute Gasteiger partial charge is 0.489 e. The zero-order chi connectivity index (χ0) is 43.4. The van der Waals surface area contributed by atoms with Crippen LogP contribution < -0.4 is 14.8 Å². The number of β-amino-alcohol motifs (C(OH)–C–C–N with tert-alkyl or cyclic N) is 1. The van der Waals surface area contributed by atoms with E-state index >= 15 is 0 Å². The van der Waals surface area contributed by atoms with Gasteiger partial charge in [0.25, 0.3) is 0 Å². The van der Waals surface area contributed by atoms with E-state index in [4.69, 9.17) is 9.47 Å². The van der Waals surface area contributed by atoms with E-state index in [0.29, 0.717) is 26.3 Å². The number of aliphatic hydroxyl groups excluding tert-OH is 2. The molecule has 0 saturated carbocycles. The molecule has 1 fully saturated rings. The summed E-state index contributed by atoms with van der Waals surface area (Å²) in [5.74, 6) is 1.65. The molecule has 332 valence electrons. The molecule has 3 aromatic heterocycles. The molecular weight excluding hydrogens is 820 g/mol. The van der Waals surface area contributed by atoms with E-state index in [0.717, 1.165) is 81.9 Å². The van der Waals surface area contributed by atoms with Gasteiger partial charge in [0.1, 0.15) is 24.7 Å². The standard InChI is InChI=1S/C29H33N3O2.C24H25N3O2.ClH/c1-30-16-18-31(19-17-30)21-28(33)29(24-10-6-3-7-11-24)32-15-14-25-20-26(12-13-27(25)32)34-22-23-8-4-2-5-9-23;1-25-16-23(28)24(18-7-3-2-4-8-18)27-14-12-19-15-21(10-11-22(19)27)29-17-20-9-5-6-13-26-20;/h2-15,20,28-29,33H,16-19,21-22H2,1H3;2-15,23-25,28H,16-17H2,1H3;1H/t28-,29+;23-,24+;/m11./s1. The van der Waals surface area contributed by atoms with E-state index in [1.54, 1.807) is 6.20 Å². The Morgan fingerprint density at radius 2 is 1.11 bits per heavy atom. The molecule has 3 N–H and O–H groups in total. The second-order valence-electron chi connectivity index (χ2n) is 16.3. The highest BCUT2D eigenvalue weighted by molar-refractivity contribution is 5.85. The van der Waals surface area contributed by atoms with Gasteiger partial charge in [-0.3, -0.25) is 9.88 Å². The van der Waals surface area contributed by atoms with E-state index in [1.807, 2.05) is 110 Å². The Kier molecular flexibility index (Phi) is 16.2. The number of piperazine rings is 1. The van der Waals surface area contributed by atoms with Crippen molar-refractivity contribution in [1.82, 2.24) is 29.2 Å². The van der Waals surface area contributed by atoms with Gasteiger partial charge in [-0.1, -0.05) is 97.1 Å². The summed E-state index contributed by atoms with van der Waals surface area (Å²) in [5.41, 5.74) is 6.38. The fourth-order valence-corrected chi connectivity index (χ4v) is 8.48. The van der Waals surface area contributed by atoms with Crippen molar-refractivity contribution in [2.45, 2.75) is 37.5 Å². The van der Waals surface area contributed by atoms with Crippen LogP contribution in [-0.4, -0.2) is 99.7 Å². The van der Waals surface area contributed by atoms with E-state index in [-0.39, 0.29) is 24.5 Å². The number of benzene rings is 5. The molecule has 9 rings (SSSR count). The van der Waals surface area contributed by atoms with Gasteiger partial charge < -0.3 is 39.0 Å². The predicted octanol–water partition coefficient (Wildman–Crippen LogP) is 8.62. The van der Waals surface area contributed by atoms with Crippen LogP contribution in [0.1, 0.15) is 34.5 Å². The molecule has 1 aliphatic heterocycles. The van der Waals surface area contributed by atoms with Gasteiger partial charge in [-0.05, 0) is 91.4 Å². The molecule has 1 aliphatic rings. The maximum Gasteiger partial charge on any atom is 0.130 e. The van der Waals surface area contributed by atoms with Gasteiger partial charge in [0, 0.05) is 79.7 Å². The molecule has 4 atom stereocenters. The highest BCUT2D eigenvalue weighted by Crippen LogP contribution is 2.32.